The highest BCUT2D eigenvalue weighted by molar-refractivity contribution is 7.20. The molecular formula is C9H5NO4S. The maximum absolute atomic E-state index is 10.7. The number of fused-ring (bicyclic) bond motifs is 1. The normalized spacial score (nSPS) is 10.4. The third-order valence-corrected chi connectivity index (χ3v) is 3.04. The number of carboxylic acids is 1. The van der Waals surface area contributed by atoms with Gasteiger partial charge in [0.15, 0.2) is 5.69 Å². The van der Waals surface area contributed by atoms with Crippen LogP contribution in [0.5, 0.6) is 5.75 Å². The molecule has 0 saturated carbocycles. The molecule has 0 aliphatic heterocycles. The first-order valence-electron chi connectivity index (χ1n) is 3.95. The lowest BCUT2D eigenvalue weighted by molar-refractivity contribution is 0.0702. The van der Waals surface area contributed by atoms with Gasteiger partial charge in [0.1, 0.15) is 10.6 Å². The van der Waals surface area contributed by atoms with E-state index >= 15 is 0 Å². The van der Waals surface area contributed by atoms with Gasteiger partial charge < -0.3 is 10.2 Å². The number of aromatic carboxylic acids is 1. The SMILES string of the molecule is O=Nc1c(O)ccc2sc(C(=O)O)cc12. The minimum Gasteiger partial charge on any atom is -0.506 e. The Morgan fingerprint density at radius 1 is 1.40 bits per heavy atom. The molecule has 0 fully saturated rings. The molecule has 2 N–H and O–H groups in total. The van der Waals surface area contributed by atoms with Gasteiger partial charge in [0, 0.05) is 10.1 Å². The van der Waals surface area contributed by atoms with Crippen molar-refractivity contribution >= 4 is 33.1 Å². The topological polar surface area (TPSA) is 87.0 Å². The van der Waals surface area contributed by atoms with Crippen LogP contribution in [0.1, 0.15) is 9.67 Å². The number of rotatable bonds is 2. The molecule has 0 spiro atoms. The summed E-state index contributed by atoms with van der Waals surface area (Å²) in [5.74, 6) is -1.31. The van der Waals surface area contributed by atoms with E-state index in [1.54, 1.807) is 6.07 Å². The summed E-state index contributed by atoms with van der Waals surface area (Å²) in [5.41, 5.74) is -0.115. The van der Waals surface area contributed by atoms with Crippen molar-refractivity contribution in [2.24, 2.45) is 5.18 Å². The molecule has 0 bridgehead atoms. The first-order chi connectivity index (χ1) is 7.13. The summed E-state index contributed by atoms with van der Waals surface area (Å²) < 4.78 is 0.611. The number of carboxylic acid groups (broad SMARTS) is 1. The molecule has 0 radical (unpaired) electrons. The average molecular weight is 223 g/mol. The van der Waals surface area contributed by atoms with Crippen molar-refractivity contribution in [3.8, 4) is 5.75 Å². The van der Waals surface area contributed by atoms with Crippen molar-refractivity contribution in [2.75, 3.05) is 0 Å². The molecule has 0 amide bonds. The molecule has 1 aromatic carbocycles. The maximum Gasteiger partial charge on any atom is 0.345 e. The van der Waals surface area contributed by atoms with E-state index in [0.29, 0.717) is 10.1 Å². The lowest BCUT2D eigenvalue weighted by Crippen LogP contribution is -1.89. The number of hydrogen-bond donors (Lipinski definition) is 2. The smallest absolute Gasteiger partial charge is 0.345 e. The van der Waals surface area contributed by atoms with Crippen LogP contribution >= 0.6 is 11.3 Å². The Morgan fingerprint density at radius 3 is 2.73 bits per heavy atom. The monoisotopic (exact) mass is 223 g/mol. The average Bonchev–Trinajstić information content (AvgIpc) is 2.61. The van der Waals surface area contributed by atoms with E-state index in [-0.39, 0.29) is 16.3 Å². The molecule has 5 nitrogen and oxygen atoms in total. The second-order valence-electron chi connectivity index (χ2n) is 2.85. The second-order valence-corrected chi connectivity index (χ2v) is 3.94. The molecule has 0 aliphatic carbocycles. The van der Waals surface area contributed by atoms with Crippen LogP contribution in [0.3, 0.4) is 0 Å². The Hall–Kier alpha value is -1.95. The predicted molar refractivity (Wildman–Crippen MR) is 55.9 cm³/mol. The fourth-order valence-electron chi connectivity index (χ4n) is 1.29. The quantitative estimate of drug-likeness (QED) is 0.766. The molecule has 15 heavy (non-hydrogen) atoms. The predicted octanol–water partition coefficient (Wildman–Crippen LogP) is 2.70. The van der Waals surface area contributed by atoms with Gasteiger partial charge in [-0.3, -0.25) is 0 Å². The van der Waals surface area contributed by atoms with Gasteiger partial charge in [-0.15, -0.1) is 16.2 Å². The van der Waals surface area contributed by atoms with E-state index in [4.69, 9.17) is 5.11 Å². The fraction of sp³-hybridized carbons (Fsp3) is 0. The molecule has 0 saturated heterocycles. The number of nitrogens with zero attached hydrogens (tertiary/aromatic N) is 1. The Bertz CT molecular complexity index is 560. The molecular weight excluding hydrogens is 218 g/mol. The van der Waals surface area contributed by atoms with Gasteiger partial charge in [0.2, 0.25) is 0 Å². The molecule has 1 aromatic heterocycles. The van der Waals surface area contributed by atoms with Crippen molar-refractivity contribution in [1.29, 1.82) is 0 Å². The molecule has 76 valence electrons. The summed E-state index contributed by atoms with van der Waals surface area (Å²) in [6.07, 6.45) is 0. The molecule has 0 unspecified atom stereocenters. The van der Waals surface area contributed by atoms with Crippen LogP contribution in [-0.4, -0.2) is 16.2 Å². The van der Waals surface area contributed by atoms with Crippen molar-refractivity contribution in [2.45, 2.75) is 0 Å². The zero-order chi connectivity index (χ0) is 11.0. The van der Waals surface area contributed by atoms with Crippen LogP contribution < -0.4 is 0 Å². The minimum absolute atomic E-state index is 0.112. The van der Waals surface area contributed by atoms with Crippen molar-refractivity contribution in [3.05, 3.63) is 28.0 Å². The number of benzene rings is 1. The van der Waals surface area contributed by atoms with E-state index in [2.05, 4.69) is 5.18 Å². The first-order valence-corrected chi connectivity index (χ1v) is 4.77. The highest BCUT2D eigenvalue weighted by Gasteiger charge is 2.14. The highest BCUT2D eigenvalue weighted by atomic mass is 32.1. The summed E-state index contributed by atoms with van der Waals surface area (Å²) in [5, 5.41) is 21.1. The van der Waals surface area contributed by atoms with Crippen LogP contribution in [0.2, 0.25) is 0 Å². The standard InChI is InChI=1S/C9H5NO4S/c11-5-1-2-6-4(8(5)10-14)3-7(15-6)9(12)13/h1-3,11H,(H,12,13). The summed E-state index contributed by atoms with van der Waals surface area (Å²) >= 11 is 1.03. The van der Waals surface area contributed by atoms with E-state index in [1.165, 1.54) is 12.1 Å². The zero-order valence-corrected chi connectivity index (χ0v) is 8.11. The second kappa shape index (κ2) is 3.32. The lowest BCUT2D eigenvalue weighted by Gasteiger charge is -1.95. The third kappa shape index (κ3) is 1.44. The third-order valence-electron chi connectivity index (χ3n) is 1.95. The number of thiophene rings is 1. The summed E-state index contributed by atoms with van der Waals surface area (Å²) in [6.45, 7) is 0. The fourth-order valence-corrected chi connectivity index (χ4v) is 2.19. The van der Waals surface area contributed by atoms with Crippen LogP contribution in [0.4, 0.5) is 5.69 Å². The Balaban J connectivity index is 2.80. The van der Waals surface area contributed by atoms with Gasteiger partial charge in [-0.2, -0.15) is 0 Å². The van der Waals surface area contributed by atoms with E-state index in [0.717, 1.165) is 11.3 Å². The largest absolute Gasteiger partial charge is 0.506 e. The van der Waals surface area contributed by atoms with Gasteiger partial charge >= 0.3 is 5.97 Å². The lowest BCUT2D eigenvalue weighted by atomic mass is 10.2. The highest BCUT2D eigenvalue weighted by Crippen LogP contribution is 2.38. The molecule has 6 heteroatoms. The van der Waals surface area contributed by atoms with Crippen LogP contribution in [0, 0.1) is 4.91 Å². The Morgan fingerprint density at radius 2 is 2.13 bits per heavy atom. The van der Waals surface area contributed by atoms with Crippen LogP contribution in [0.15, 0.2) is 23.4 Å². The number of aromatic hydroxyl groups is 1. The van der Waals surface area contributed by atoms with Crippen molar-refractivity contribution in [1.82, 2.24) is 0 Å². The van der Waals surface area contributed by atoms with Gasteiger partial charge in [0.05, 0.1) is 0 Å². The maximum atomic E-state index is 10.7. The minimum atomic E-state index is -1.06. The van der Waals surface area contributed by atoms with Crippen LogP contribution in [-0.2, 0) is 0 Å². The van der Waals surface area contributed by atoms with Crippen LogP contribution in [0.25, 0.3) is 10.1 Å². The summed E-state index contributed by atoms with van der Waals surface area (Å²) in [7, 11) is 0. The van der Waals surface area contributed by atoms with Gasteiger partial charge in [0.25, 0.3) is 0 Å². The van der Waals surface area contributed by atoms with E-state index < -0.39 is 5.97 Å². The number of phenolic OH excluding ortho intramolecular Hbond substituents is 1. The number of hydrogen-bond acceptors (Lipinski definition) is 5. The van der Waals surface area contributed by atoms with Gasteiger partial charge in [-0.05, 0) is 23.4 Å². The van der Waals surface area contributed by atoms with Crippen molar-refractivity contribution in [3.63, 3.8) is 0 Å². The zero-order valence-electron chi connectivity index (χ0n) is 7.30. The molecule has 0 aliphatic rings. The Labute approximate surface area is 87.6 Å². The van der Waals surface area contributed by atoms with E-state index in [9.17, 15) is 14.8 Å². The van der Waals surface area contributed by atoms with Crippen molar-refractivity contribution < 1.29 is 15.0 Å². The summed E-state index contributed by atoms with van der Waals surface area (Å²) in [4.78, 5) is 21.3. The Kier molecular flexibility index (Phi) is 2.12. The first kappa shape index (κ1) is 9.60. The molecule has 1 heterocycles. The summed E-state index contributed by atoms with van der Waals surface area (Å²) in [6, 6.07) is 4.20. The van der Waals surface area contributed by atoms with Gasteiger partial charge in [-0.25, -0.2) is 4.79 Å². The van der Waals surface area contributed by atoms with E-state index in [1.807, 2.05) is 0 Å². The number of carbonyl (C=O) groups is 1. The molecule has 2 aromatic rings. The van der Waals surface area contributed by atoms with Gasteiger partial charge in [-0.1, -0.05) is 0 Å². The molecule has 2 rings (SSSR count). The number of phenols is 1. The number of nitroso groups, excluding NO2 is 1. The molecule has 0 atom stereocenters.